The van der Waals surface area contributed by atoms with Gasteiger partial charge in [0.05, 0.1) is 12.7 Å². The Kier molecular flexibility index (Phi) is 3.58. The summed E-state index contributed by atoms with van der Waals surface area (Å²) >= 11 is 0. The SMILES string of the molecule is Fc1ccc(C2CNCCO2)cc1-c1ccccc1. The van der Waals surface area contributed by atoms with Crippen LogP contribution in [0.4, 0.5) is 4.39 Å². The zero-order valence-electron chi connectivity index (χ0n) is 10.6. The van der Waals surface area contributed by atoms with Gasteiger partial charge in [-0.05, 0) is 23.3 Å². The lowest BCUT2D eigenvalue weighted by atomic mass is 9.99. The fourth-order valence-corrected chi connectivity index (χ4v) is 2.36. The molecule has 2 aromatic carbocycles. The lowest BCUT2D eigenvalue weighted by molar-refractivity contribution is 0.0277. The van der Waals surface area contributed by atoms with E-state index in [0.29, 0.717) is 12.2 Å². The summed E-state index contributed by atoms with van der Waals surface area (Å²) in [5, 5.41) is 3.29. The van der Waals surface area contributed by atoms with Gasteiger partial charge in [-0.3, -0.25) is 0 Å². The second kappa shape index (κ2) is 5.51. The average Bonchev–Trinajstić information content (AvgIpc) is 2.49. The summed E-state index contributed by atoms with van der Waals surface area (Å²) in [5.74, 6) is -0.196. The summed E-state index contributed by atoms with van der Waals surface area (Å²) in [7, 11) is 0. The third-order valence-corrected chi connectivity index (χ3v) is 3.37. The molecule has 1 unspecified atom stereocenters. The lowest BCUT2D eigenvalue weighted by Gasteiger charge is -2.24. The molecule has 1 N–H and O–H groups in total. The maximum atomic E-state index is 14.0. The summed E-state index contributed by atoms with van der Waals surface area (Å²) in [6.07, 6.45) is 0.0109. The highest BCUT2D eigenvalue weighted by molar-refractivity contribution is 5.65. The highest BCUT2D eigenvalue weighted by Gasteiger charge is 2.17. The first-order valence-corrected chi connectivity index (χ1v) is 6.52. The highest BCUT2D eigenvalue weighted by Crippen LogP contribution is 2.27. The number of hydrogen-bond donors (Lipinski definition) is 1. The second-order valence-corrected chi connectivity index (χ2v) is 4.67. The molecule has 19 heavy (non-hydrogen) atoms. The van der Waals surface area contributed by atoms with E-state index in [9.17, 15) is 4.39 Å². The van der Waals surface area contributed by atoms with Gasteiger partial charge in [0.1, 0.15) is 5.82 Å². The van der Waals surface area contributed by atoms with Crippen molar-refractivity contribution < 1.29 is 9.13 Å². The van der Waals surface area contributed by atoms with Gasteiger partial charge in [-0.15, -0.1) is 0 Å². The Morgan fingerprint density at radius 2 is 1.95 bits per heavy atom. The van der Waals surface area contributed by atoms with Gasteiger partial charge in [0.2, 0.25) is 0 Å². The van der Waals surface area contributed by atoms with Crippen LogP contribution in [-0.2, 0) is 4.74 Å². The van der Waals surface area contributed by atoms with Gasteiger partial charge < -0.3 is 10.1 Å². The van der Waals surface area contributed by atoms with E-state index in [-0.39, 0.29) is 11.9 Å². The van der Waals surface area contributed by atoms with Gasteiger partial charge >= 0.3 is 0 Å². The van der Waals surface area contributed by atoms with Crippen molar-refractivity contribution in [1.29, 1.82) is 0 Å². The van der Waals surface area contributed by atoms with Crippen LogP contribution in [0.15, 0.2) is 48.5 Å². The molecule has 2 nitrogen and oxygen atoms in total. The summed E-state index contributed by atoms with van der Waals surface area (Å²) in [6, 6.07) is 14.8. The summed E-state index contributed by atoms with van der Waals surface area (Å²) < 4.78 is 19.7. The van der Waals surface area contributed by atoms with Crippen molar-refractivity contribution in [3.63, 3.8) is 0 Å². The fraction of sp³-hybridized carbons (Fsp3) is 0.250. The first-order chi connectivity index (χ1) is 9.34. The molecule has 0 saturated carbocycles. The zero-order chi connectivity index (χ0) is 13.1. The Morgan fingerprint density at radius 1 is 1.11 bits per heavy atom. The quantitative estimate of drug-likeness (QED) is 0.892. The van der Waals surface area contributed by atoms with Crippen molar-refractivity contribution in [2.24, 2.45) is 0 Å². The maximum absolute atomic E-state index is 14.0. The van der Waals surface area contributed by atoms with E-state index >= 15 is 0 Å². The molecule has 1 atom stereocenters. The molecule has 2 aromatic rings. The molecular formula is C16H16FNO. The van der Waals surface area contributed by atoms with Crippen molar-refractivity contribution in [2.75, 3.05) is 19.7 Å². The molecule has 0 spiro atoms. The predicted octanol–water partition coefficient (Wildman–Crippen LogP) is 3.15. The number of nitrogens with one attached hydrogen (secondary N) is 1. The van der Waals surface area contributed by atoms with Gasteiger partial charge in [-0.25, -0.2) is 4.39 Å². The van der Waals surface area contributed by atoms with E-state index in [1.54, 1.807) is 6.07 Å². The number of rotatable bonds is 2. The molecule has 0 amide bonds. The Hall–Kier alpha value is -1.71. The van der Waals surface area contributed by atoms with Gasteiger partial charge in [0, 0.05) is 18.7 Å². The van der Waals surface area contributed by atoms with Crippen molar-refractivity contribution in [3.8, 4) is 11.1 Å². The van der Waals surface area contributed by atoms with Crippen molar-refractivity contribution >= 4 is 0 Å². The normalized spacial score (nSPS) is 19.3. The molecule has 1 fully saturated rings. The molecule has 1 saturated heterocycles. The molecule has 0 radical (unpaired) electrons. The number of hydrogen-bond acceptors (Lipinski definition) is 2. The van der Waals surface area contributed by atoms with Crippen LogP contribution in [0.1, 0.15) is 11.7 Å². The minimum atomic E-state index is -0.196. The molecule has 3 rings (SSSR count). The van der Waals surface area contributed by atoms with Crippen LogP contribution in [-0.4, -0.2) is 19.7 Å². The molecule has 0 aromatic heterocycles. The van der Waals surface area contributed by atoms with Crippen LogP contribution in [0.25, 0.3) is 11.1 Å². The molecule has 0 aliphatic carbocycles. The third-order valence-electron chi connectivity index (χ3n) is 3.37. The number of ether oxygens (including phenoxy) is 1. The minimum Gasteiger partial charge on any atom is -0.371 e. The van der Waals surface area contributed by atoms with E-state index in [4.69, 9.17) is 4.74 Å². The monoisotopic (exact) mass is 257 g/mol. The molecule has 98 valence electrons. The molecular weight excluding hydrogens is 241 g/mol. The predicted molar refractivity (Wildman–Crippen MR) is 73.4 cm³/mol. The Balaban J connectivity index is 1.96. The minimum absolute atomic E-state index is 0.0109. The van der Waals surface area contributed by atoms with Crippen LogP contribution in [0.3, 0.4) is 0 Å². The molecule has 0 bridgehead atoms. The van der Waals surface area contributed by atoms with E-state index in [0.717, 1.165) is 24.2 Å². The molecule has 1 heterocycles. The summed E-state index contributed by atoms with van der Waals surface area (Å²) in [5.41, 5.74) is 2.55. The first kappa shape index (κ1) is 12.3. The van der Waals surface area contributed by atoms with Crippen LogP contribution < -0.4 is 5.32 Å². The molecule has 1 aliphatic heterocycles. The van der Waals surface area contributed by atoms with Crippen LogP contribution in [0.5, 0.6) is 0 Å². The Labute approximate surface area is 112 Å². The van der Waals surface area contributed by atoms with Gasteiger partial charge in [0.25, 0.3) is 0 Å². The van der Waals surface area contributed by atoms with E-state index in [2.05, 4.69) is 5.32 Å². The van der Waals surface area contributed by atoms with Crippen molar-refractivity contribution in [1.82, 2.24) is 5.32 Å². The molecule has 1 aliphatic rings. The van der Waals surface area contributed by atoms with E-state index in [1.165, 1.54) is 6.07 Å². The standard InChI is InChI=1S/C16H16FNO/c17-15-7-6-13(16-11-18-8-9-19-16)10-14(15)12-4-2-1-3-5-12/h1-7,10,16,18H,8-9,11H2. The lowest BCUT2D eigenvalue weighted by Crippen LogP contribution is -2.33. The second-order valence-electron chi connectivity index (χ2n) is 4.67. The zero-order valence-corrected chi connectivity index (χ0v) is 10.6. The average molecular weight is 257 g/mol. The van der Waals surface area contributed by atoms with Crippen LogP contribution >= 0.6 is 0 Å². The van der Waals surface area contributed by atoms with Gasteiger partial charge in [-0.1, -0.05) is 36.4 Å². The number of benzene rings is 2. The summed E-state index contributed by atoms with van der Waals surface area (Å²) in [4.78, 5) is 0. The fourth-order valence-electron chi connectivity index (χ4n) is 2.36. The topological polar surface area (TPSA) is 21.3 Å². The first-order valence-electron chi connectivity index (χ1n) is 6.52. The Bertz CT molecular complexity index is 550. The Morgan fingerprint density at radius 3 is 2.68 bits per heavy atom. The maximum Gasteiger partial charge on any atom is 0.131 e. The molecule has 3 heteroatoms. The third kappa shape index (κ3) is 2.67. The smallest absolute Gasteiger partial charge is 0.131 e. The summed E-state index contributed by atoms with van der Waals surface area (Å²) in [6.45, 7) is 2.35. The van der Waals surface area contributed by atoms with E-state index < -0.39 is 0 Å². The number of morpholine rings is 1. The van der Waals surface area contributed by atoms with Crippen LogP contribution in [0, 0.1) is 5.82 Å². The van der Waals surface area contributed by atoms with Crippen molar-refractivity contribution in [2.45, 2.75) is 6.10 Å². The largest absolute Gasteiger partial charge is 0.371 e. The highest BCUT2D eigenvalue weighted by atomic mass is 19.1. The number of halogens is 1. The van der Waals surface area contributed by atoms with E-state index in [1.807, 2.05) is 36.4 Å². The van der Waals surface area contributed by atoms with Gasteiger partial charge in [0.15, 0.2) is 0 Å². The van der Waals surface area contributed by atoms with Crippen molar-refractivity contribution in [3.05, 3.63) is 59.9 Å². The van der Waals surface area contributed by atoms with Gasteiger partial charge in [-0.2, -0.15) is 0 Å². The van der Waals surface area contributed by atoms with Crippen LogP contribution in [0.2, 0.25) is 0 Å².